The van der Waals surface area contributed by atoms with E-state index in [1.54, 1.807) is 11.3 Å². The molecule has 0 saturated heterocycles. The SMILES string of the molecule is Cc1nc2sccn2c1CNC1CC=CCC1. The third-order valence-corrected chi connectivity index (χ3v) is 4.15. The summed E-state index contributed by atoms with van der Waals surface area (Å²) in [5.41, 5.74) is 2.45. The van der Waals surface area contributed by atoms with Gasteiger partial charge in [-0.25, -0.2) is 4.98 Å². The largest absolute Gasteiger partial charge is 0.308 e. The number of rotatable bonds is 3. The van der Waals surface area contributed by atoms with E-state index < -0.39 is 0 Å². The smallest absolute Gasteiger partial charge is 0.194 e. The van der Waals surface area contributed by atoms with E-state index in [4.69, 9.17) is 0 Å². The first kappa shape index (κ1) is 11.0. The lowest BCUT2D eigenvalue weighted by molar-refractivity contribution is 0.469. The molecule has 0 spiro atoms. The molecular weight excluding hydrogens is 230 g/mol. The summed E-state index contributed by atoms with van der Waals surface area (Å²) >= 11 is 1.70. The maximum absolute atomic E-state index is 4.56. The molecule has 90 valence electrons. The van der Waals surface area contributed by atoms with Crippen LogP contribution < -0.4 is 5.32 Å². The van der Waals surface area contributed by atoms with Crippen LogP contribution >= 0.6 is 11.3 Å². The fourth-order valence-corrected chi connectivity index (χ4v) is 3.15. The standard InChI is InChI=1S/C13H17N3S/c1-10-12(16-7-8-17-13(16)15-10)9-14-11-5-3-2-4-6-11/h2-3,7-8,11,14H,4-6,9H2,1H3. The van der Waals surface area contributed by atoms with E-state index in [1.807, 2.05) is 0 Å². The van der Waals surface area contributed by atoms with Crippen LogP contribution in [0.15, 0.2) is 23.7 Å². The lowest BCUT2D eigenvalue weighted by Gasteiger charge is -2.19. The first-order valence-corrected chi connectivity index (χ1v) is 7.02. The summed E-state index contributed by atoms with van der Waals surface area (Å²) < 4.78 is 2.20. The number of imidazole rings is 1. The molecule has 0 aromatic carbocycles. The van der Waals surface area contributed by atoms with E-state index >= 15 is 0 Å². The number of aryl methyl sites for hydroxylation is 1. The Bertz CT molecular complexity index is 538. The van der Waals surface area contributed by atoms with Crippen molar-refractivity contribution in [1.29, 1.82) is 0 Å². The number of allylic oxidation sites excluding steroid dienone is 1. The summed E-state index contributed by atoms with van der Waals surface area (Å²) in [5, 5.41) is 5.73. The van der Waals surface area contributed by atoms with E-state index in [-0.39, 0.29) is 0 Å². The molecule has 2 heterocycles. The Balaban J connectivity index is 1.73. The average Bonchev–Trinajstić information content (AvgIpc) is 2.89. The second-order valence-electron chi connectivity index (χ2n) is 4.56. The highest BCUT2D eigenvalue weighted by Gasteiger charge is 2.13. The number of thiazole rings is 1. The summed E-state index contributed by atoms with van der Waals surface area (Å²) in [6.07, 6.45) is 10.3. The highest BCUT2D eigenvalue weighted by Crippen LogP contribution is 2.17. The van der Waals surface area contributed by atoms with Gasteiger partial charge in [-0.3, -0.25) is 4.40 Å². The number of aromatic nitrogens is 2. The number of hydrogen-bond acceptors (Lipinski definition) is 3. The van der Waals surface area contributed by atoms with Crippen molar-refractivity contribution in [3.05, 3.63) is 35.1 Å². The first-order valence-electron chi connectivity index (χ1n) is 6.14. The summed E-state index contributed by atoms with van der Waals surface area (Å²) in [6.45, 7) is 3.01. The van der Waals surface area contributed by atoms with Crippen LogP contribution in [0.5, 0.6) is 0 Å². The molecule has 0 saturated carbocycles. The minimum absolute atomic E-state index is 0.628. The molecule has 1 aliphatic rings. The molecule has 4 heteroatoms. The molecule has 1 atom stereocenters. The minimum atomic E-state index is 0.628. The summed E-state index contributed by atoms with van der Waals surface area (Å²) in [5.74, 6) is 0. The third-order valence-electron chi connectivity index (χ3n) is 3.39. The van der Waals surface area contributed by atoms with Gasteiger partial charge in [0.25, 0.3) is 0 Å². The molecule has 2 aromatic heterocycles. The molecule has 0 bridgehead atoms. The maximum Gasteiger partial charge on any atom is 0.194 e. The Kier molecular flexibility index (Phi) is 2.99. The summed E-state index contributed by atoms with van der Waals surface area (Å²) in [4.78, 5) is 5.66. The molecule has 0 amide bonds. The third kappa shape index (κ3) is 2.15. The zero-order chi connectivity index (χ0) is 11.7. The van der Waals surface area contributed by atoms with Crippen LogP contribution in [0.25, 0.3) is 4.96 Å². The zero-order valence-electron chi connectivity index (χ0n) is 10.0. The van der Waals surface area contributed by atoms with Crippen LogP contribution in [0.1, 0.15) is 30.7 Å². The fraction of sp³-hybridized carbons (Fsp3) is 0.462. The van der Waals surface area contributed by atoms with Crippen molar-refractivity contribution in [1.82, 2.24) is 14.7 Å². The molecule has 1 N–H and O–H groups in total. The van der Waals surface area contributed by atoms with E-state index in [2.05, 4.69) is 45.4 Å². The van der Waals surface area contributed by atoms with Crippen molar-refractivity contribution >= 4 is 16.3 Å². The molecule has 0 radical (unpaired) electrons. The van der Waals surface area contributed by atoms with Gasteiger partial charge in [-0.15, -0.1) is 11.3 Å². The van der Waals surface area contributed by atoms with Gasteiger partial charge in [0.2, 0.25) is 0 Å². The zero-order valence-corrected chi connectivity index (χ0v) is 10.8. The van der Waals surface area contributed by atoms with Gasteiger partial charge < -0.3 is 5.32 Å². The Hall–Kier alpha value is -1.13. The van der Waals surface area contributed by atoms with Gasteiger partial charge in [0.05, 0.1) is 11.4 Å². The van der Waals surface area contributed by atoms with Gasteiger partial charge in [-0.2, -0.15) is 0 Å². The molecule has 17 heavy (non-hydrogen) atoms. The van der Waals surface area contributed by atoms with Gasteiger partial charge in [0.1, 0.15) is 0 Å². The van der Waals surface area contributed by atoms with Crippen LogP contribution in [0.4, 0.5) is 0 Å². The molecule has 0 fully saturated rings. The Morgan fingerprint density at radius 3 is 3.29 bits per heavy atom. The monoisotopic (exact) mass is 247 g/mol. The van der Waals surface area contributed by atoms with Crippen molar-refractivity contribution in [3.63, 3.8) is 0 Å². The van der Waals surface area contributed by atoms with Crippen molar-refractivity contribution < 1.29 is 0 Å². The van der Waals surface area contributed by atoms with Crippen LogP contribution in [-0.2, 0) is 6.54 Å². The predicted molar refractivity (Wildman–Crippen MR) is 71.4 cm³/mol. The molecular formula is C13H17N3S. The molecule has 3 nitrogen and oxygen atoms in total. The summed E-state index contributed by atoms with van der Waals surface area (Å²) in [6, 6.07) is 0.628. The Morgan fingerprint density at radius 2 is 2.47 bits per heavy atom. The van der Waals surface area contributed by atoms with Crippen molar-refractivity contribution in [2.75, 3.05) is 0 Å². The van der Waals surface area contributed by atoms with E-state index in [9.17, 15) is 0 Å². The molecule has 1 aliphatic carbocycles. The topological polar surface area (TPSA) is 29.3 Å². The van der Waals surface area contributed by atoms with Crippen LogP contribution in [0.3, 0.4) is 0 Å². The van der Waals surface area contributed by atoms with E-state index in [0.717, 1.165) is 23.6 Å². The van der Waals surface area contributed by atoms with Gasteiger partial charge >= 0.3 is 0 Å². The fourth-order valence-electron chi connectivity index (χ4n) is 2.37. The van der Waals surface area contributed by atoms with Crippen molar-refractivity contribution in [2.45, 2.75) is 38.8 Å². The molecule has 1 unspecified atom stereocenters. The summed E-state index contributed by atoms with van der Waals surface area (Å²) in [7, 11) is 0. The van der Waals surface area contributed by atoms with Crippen LogP contribution in [0.2, 0.25) is 0 Å². The molecule has 3 rings (SSSR count). The lowest BCUT2D eigenvalue weighted by atomic mass is 10.0. The molecule has 2 aromatic rings. The van der Waals surface area contributed by atoms with Crippen LogP contribution in [-0.4, -0.2) is 15.4 Å². The highest BCUT2D eigenvalue weighted by molar-refractivity contribution is 7.15. The minimum Gasteiger partial charge on any atom is -0.308 e. The Labute approximate surface area is 105 Å². The average molecular weight is 247 g/mol. The number of hydrogen-bond donors (Lipinski definition) is 1. The van der Waals surface area contributed by atoms with Gasteiger partial charge in [-0.05, 0) is 26.2 Å². The number of nitrogens with one attached hydrogen (secondary N) is 1. The Morgan fingerprint density at radius 1 is 1.53 bits per heavy atom. The number of nitrogens with zero attached hydrogens (tertiary/aromatic N) is 2. The number of fused-ring (bicyclic) bond motifs is 1. The first-order chi connectivity index (χ1) is 8.34. The van der Waals surface area contributed by atoms with Gasteiger partial charge in [0.15, 0.2) is 4.96 Å². The quantitative estimate of drug-likeness (QED) is 0.845. The predicted octanol–water partition coefficient (Wildman–Crippen LogP) is 2.90. The van der Waals surface area contributed by atoms with E-state index in [0.29, 0.717) is 6.04 Å². The maximum atomic E-state index is 4.56. The van der Waals surface area contributed by atoms with Crippen LogP contribution in [0, 0.1) is 6.92 Å². The highest BCUT2D eigenvalue weighted by atomic mass is 32.1. The second kappa shape index (κ2) is 4.63. The van der Waals surface area contributed by atoms with Gasteiger partial charge in [-0.1, -0.05) is 12.2 Å². The molecule has 0 aliphatic heterocycles. The second-order valence-corrected chi connectivity index (χ2v) is 5.43. The van der Waals surface area contributed by atoms with Gasteiger partial charge in [0, 0.05) is 24.2 Å². The normalized spacial score (nSPS) is 20.2. The lowest BCUT2D eigenvalue weighted by Crippen LogP contribution is -2.29. The van der Waals surface area contributed by atoms with Crippen molar-refractivity contribution in [2.24, 2.45) is 0 Å². The van der Waals surface area contributed by atoms with Crippen molar-refractivity contribution in [3.8, 4) is 0 Å². The van der Waals surface area contributed by atoms with E-state index in [1.165, 1.54) is 18.5 Å².